The molecule has 0 aliphatic rings. The zero-order valence-electron chi connectivity index (χ0n) is 17.3. The van der Waals surface area contributed by atoms with Crippen LogP contribution in [0.3, 0.4) is 0 Å². The Labute approximate surface area is 190 Å². The molecule has 1 heterocycles. The maximum atomic E-state index is 12.2. The van der Waals surface area contributed by atoms with E-state index < -0.39 is 11.9 Å². The van der Waals surface area contributed by atoms with E-state index in [1.54, 1.807) is 12.1 Å². The molecule has 3 aromatic rings. The first-order valence-corrected chi connectivity index (χ1v) is 11.2. The number of urea groups is 1. The summed E-state index contributed by atoms with van der Waals surface area (Å²) in [5.41, 5.74) is 1.94. The highest BCUT2D eigenvalue weighted by atomic mass is 35.5. The minimum absolute atomic E-state index is 0.0339. The molecule has 3 rings (SSSR count). The fourth-order valence-corrected chi connectivity index (χ4v) is 3.67. The second-order valence-electron chi connectivity index (χ2n) is 7.31. The van der Waals surface area contributed by atoms with Gasteiger partial charge in [-0.05, 0) is 35.7 Å². The van der Waals surface area contributed by atoms with Gasteiger partial charge in [-0.15, -0.1) is 10.2 Å². The van der Waals surface area contributed by atoms with Crippen LogP contribution in [0.1, 0.15) is 25.2 Å². The fourth-order valence-electron chi connectivity index (χ4n) is 2.77. The minimum Gasteiger partial charge on any atom is -0.338 e. The Hall–Kier alpha value is -2.84. The van der Waals surface area contributed by atoms with E-state index in [0.717, 1.165) is 17.1 Å². The monoisotopic (exact) mass is 457 g/mol. The molecule has 0 fully saturated rings. The van der Waals surface area contributed by atoms with Gasteiger partial charge in [0.15, 0.2) is 5.16 Å². The van der Waals surface area contributed by atoms with Crippen LogP contribution in [-0.4, -0.2) is 39.0 Å². The van der Waals surface area contributed by atoms with Crippen LogP contribution >= 0.6 is 23.4 Å². The number of hydrogen-bond donors (Lipinski definition) is 2. The summed E-state index contributed by atoms with van der Waals surface area (Å²) in [4.78, 5) is 24.0. The van der Waals surface area contributed by atoms with Gasteiger partial charge in [0.05, 0.1) is 5.75 Å². The summed E-state index contributed by atoms with van der Waals surface area (Å²) >= 11 is 7.26. The van der Waals surface area contributed by atoms with Crippen molar-refractivity contribution in [2.75, 3.05) is 12.3 Å². The Kier molecular flexibility index (Phi) is 8.08. The molecular weight excluding hydrogens is 434 g/mol. The summed E-state index contributed by atoms with van der Waals surface area (Å²) in [6.45, 7) is 4.46. The van der Waals surface area contributed by atoms with Crippen molar-refractivity contribution < 1.29 is 9.59 Å². The standard InChI is InChI=1S/C22H24ClN5O2S/c1-15(2)13-24-21(30)25-20(29)14-31-22-27-26-19(12-16-6-4-3-5-7-16)28(22)18-10-8-17(23)9-11-18/h3-11,15H,12-14H2,1-2H3,(H2,24,25,29,30). The first-order valence-electron chi connectivity index (χ1n) is 9.87. The Morgan fingerprint density at radius 2 is 1.77 bits per heavy atom. The second kappa shape index (κ2) is 11.0. The Bertz CT molecular complexity index is 1020. The maximum Gasteiger partial charge on any atom is 0.321 e. The van der Waals surface area contributed by atoms with E-state index >= 15 is 0 Å². The molecule has 31 heavy (non-hydrogen) atoms. The first-order chi connectivity index (χ1) is 14.9. The molecule has 2 aromatic carbocycles. The number of carbonyl (C=O) groups excluding carboxylic acids is 2. The molecule has 0 spiro atoms. The van der Waals surface area contributed by atoms with Gasteiger partial charge in [-0.3, -0.25) is 14.7 Å². The average Bonchev–Trinajstić information content (AvgIpc) is 3.14. The Morgan fingerprint density at radius 3 is 2.45 bits per heavy atom. The summed E-state index contributed by atoms with van der Waals surface area (Å²) in [5.74, 6) is 0.676. The number of nitrogens with one attached hydrogen (secondary N) is 2. The van der Waals surface area contributed by atoms with Crippen LogP contribution in [0.15, 0.2) is 59.8 Å². The van der Waals surface area contributed by atoms with Gasteiger partial charge in [0.25, 0.3) is 0 Å². The van der Waals surface area contributed by atoms with Gasteiger partial charge in [-0.1, -0.05) is 67.5 Å². The van der Waals surface area contributed by atoms with Crippen LogP contribution in [0.2, 0.25) is 5.02 Å². The van der Waals surface area contributed by atoms with Crippen LogP contribution in [0.25, 0.3) is 5.69 Å². The topological polar surface area (TPSA) is 88.9 Å². The number of carbonyl (C=O) groups is 2. The summed E-state index contributed by atoms with van der Waals surface area (Å²) in [6, 6.07) is 16.8. The minimum atomic E-state index is -0.497. The van der Waals surface area contributed by atoms with Crippen molar-refractivity contribution in [1.82, 2.24) is 25.4 Å². The molecule has 0 atom stereocenters. The van der Waals surface area contributed by atoms with Crippen molar-refractivity contribution in [3.05, 3.63) is 71.0 Å². The van der Waals surface area contributed by atoms with Crippen LogP contribution in [-0.2, 0) is 11.2 Å². The van der Waals surface area contributed by atoms with E-state index in [1.165, 1.54) is 11.8 Å². The Balaban J connectivity index is 1.74. The lowest BCUT2D eigenvalue weighted by Gasteiger charge is -2.11. The number of amides is 3. The fraction of sp³-hybridized carbons (Fsp3) is 0.273. The summed E-state index contributed by atoms with van der Waals surface area (Å²) in [5, 5.41) is 14.8. The molecule has 0 saturated heterocycles. The molecule has 9 heteroatoms. The lowest BCUT2D eigenvalue weighted by atomic mass is 10.1. The van der Waals surface area contributed by atoms with E-state index in [0.29, 0.717) is 29.1 Å². The highest BCUT2D eigenvalue weighted by Gasteiger charge is 2.17. The van der Waals surface area contributed by atoms with E-state index in [9.17, 15) is 9.59 Å². The third kappa shape index (κ3) is 6.83. The van der Waals surface area contributed by atoms with Crippen LogP contribution in [0, 0.1) is 5.92 Å². The van der Waals surface area contributed by atoms with Crippen molar-refractivity contribution in [2.45, 2.75) is 25.4 Å². The van der Waals surface area contributed by atoms with Gasteiger partial charge >= 0.3 is 6.03 Å². The van der Waals surface area contributed by atoms with Gasteiger partial charge in [0, 0.05) is 23.7 Å². The average molecular weight is 458 g/mol. The number of nitrogens with zero attached hydrogens (tertiary/aromatic N) is 3. The van der Waals surface area contributed by atoms with E-state index in [1.807, 2.05) is 60.9 Å². The van der Waals surface area contributed by atoms with E-state index in [4.69, 9.17) is 11.6 Å². The molecule has 0 unspecified atom stereocenters. The number of halogens is 1. The number of hydrogen-bond acceptors (Lipinski definition) is 5. The highest BCUT2D eigenvalue weighted by molar-refractivity contribution is 7.99. The molecule has 162 valence electrons. The third-order valence-corrected chi connectivity index (χ3v) is 5.43. The van der Waals surface area contributed by atoms with Crippen molar-refractivity contribution >= 4 is 35.3 Å². The molecule has 7 nitrogen and oxygen atoms in total. The van der Waals surface area contributed by atoms with Gasteiger partial charge in [-0.2, -0.15) is 0 Å². The lowest BCUT2D eigenvalue weighted by molar-refractivity contribution is -0.117. The number of aromatic nitrogens is 3. The molecule has 1 aromatic heterocycles. The molecular formula is C22H24ClN5O2S. The van der Waals surface area contributed by atoms with Gasteiger partial charge < -0.3 is 5.32 Å². The number of benzene rings is 2. The molecule has 2 N–H and O–H groups in total. The smallest absolute Gasteiger partial charge is 0.321 e. The molecule has 0 aliphatic carbocycles. The predicted octanol–water partition coefficient (Wildman–Crippen LogP) is 4.09. The molecule has 3 amide bonds. The quantitative estimate of drug-likeness (QED) is 0.497. The molecule has 0 saturated carbocycles. The molecule has 0 radical (unpaired) electrons. The van der Waals surface area contributed by atoms with Crippen molar-refractivity contribution in [2.24, 2.45) is 5.92 Å². The Morgan fingerprint density at radius 1 is 1.06 bits per heavy atom. The summed E-state index contributed by atoms with van der Waals surface area (Å²) in [7, 11) is 0. The van der Waals surface area contributed by atoms with E-state index in [-0.39, 0.29) is 5.75 Å². The van der Waals surface area contributed by atoms with Crippen molar-refractivity contribution in [3.8, 4) is 5.69 Å². The zero-order chi connectivity index (χ0) is 22.2. The SMILES string of the molecule is CC(C)CNC(=O)NC(=O)CSc1nnc(Cc2ccccc2)n1-c1ccc(Cl)cc1. The summed E-state index contributed by atoms with van der Waals surface area (Å²) < 4.78 is 1.90. The second-order valence-corrected chi connectivity index (χ2v) is 8.69. The van der Waals surface area contributed by atoms with Crippen LogP contribution in [0.5, 0.6) is 0 Å². The molecule has 0 bridgehead atoms. The summed E-state index contributed by atoms with van der Waals surface area (Å²) in [6.07, 6.45) is 0.584. The number of rotatable bonds is 8. The highest BCUT2D eigenvalue weighted by Crippen LogP contribution is 2.24. The van der Waals surface area contributed by atoms with Crippen molar-refractivity contribution in [3.63, 3.8) is 0 Å². The zero-order valence-corrected chi connectivity index (χ0v) is 18.9. The van der Waals surface area contributed by atoms with Crippen LogP contribution < -0.4 is 10.6 Å². The predicted molar refractivity (Wildman–Crippen MR) is 123 cm³/mol. The van der Waals surface area contributed by atoms with Crippen LogP contribution in [0.4, 0.5) is 4.79 Å². The maximum absolute atomic E-state index is 12.2. The number of imide groups is 1. The third-order valence-electron chi connectivity index (χ3n) is 4.25. The van der Waals surface area contributed by atoms with Gasteiger partial charge in [0.1, 0.15) is 5.82 Å². The van der Waals surface area contributed by atoms with E-state index in [2.05, 4.69) is 20.8 Å². The largest absolute Gasteiger partial charge is 0.338 e. The first kappa shape index (κ1) is 22.8. The van der Waals surface area contributed by atoms with Gasteiger partial charge in [-0.25, -0.2) is 4.79 Å². The van der Waals surface area contributed by atoms with Gasteiger partial charge in [0.2, 0.25) is 5.91 Å². The number of thioether (sulfide) groups is 1. The lowest BCUT2D eigenvalue weighted by Crippen LogP contribution is -2.41. The van der Waals surface area contributed by atoms with Crippen molar-refractivity contribution in [1.29, 1.82) is 0 Å². The normalized spacial score (nSPS) is 10.8. The molecule has 0 aliphatic heterocycles.